The van der Waals surface area contributed by atoms with Crippen molar-refractivity contribution in [3.63, 3.8) is 0 Å². The van der Waals surface area contributed by atoms with Crippen LogP contribution in [-0.2, 0) is 18.6 Å². The highest BCUT2D eigenvalue weighted by Gasteiger charge is 1.90. The minimum atomic E-state index is -2.84. The first-order valence-corrected chi connectivity index (χ1v) is 3.96. The van der Waals surface area contributed by atoms with Crippen LogP contribution in [0.2, 0.25) is 0 Å². The van der Waals surface area contributed by atoms with Gasteiger partial charge in [0.2, 0.25) is 0 Å². The van der Waals surface area contributed by atoms with E-state index < -0.39 is 8.25 Å². The highest BCUT2D eigenvalue weighted by Crippen LogP contribution is 2.12. The van der Waals surface area contributed by atoms with Crippen LogP contribution >= 0.6 is 8.25 Å². The lowest BCUT2D eigenvalue weighted by Crippen LogP contribution is -2.03. The van der Waals surface area contributed by atoms with Gasteiger partial charge in [-0.3, -0.25) is 9.09 Å². The number of hydrogen-bond donors (Lipinski definition) is 1. The van der Waals surface area contributed by atoms with Crippen molar-refractivity contribution < 1.29 is 23.5 Å². The molecule has 0 aromatic rings. The molecule has 0 aliphatic heterocycles. The molecule has 0 saturated heterocycles. The normalized spacial score (nSPS) is 13.4. The lowest BCUT2D eigenvalue weighted by Gasteiger charge is -2.00. The zero-order valence-electron chi connectivity index (χ0n) is 5.70. The SMILES string of the molecule is COCCOCO[PH](=O)O. The van der Waals surface area contributed by atoms with E-state index in [2.05, 4.69) is 9.26 Å². The molecule has 62 valence electrons. The van der Waals surface area contributed by atoms with Gasteiger partial charge in [-0.1, -0.05) is 0 Å². The van der Waals surface area contributed by atoms with Crippen molar-refractivity contribution in [3.05, 3.63) is 0 Å². The molecular weight excluding hydrogens is 159 g/mol. The van der Waals surface area contributed by atoms with Crippen molar-refractivity contribution in [3.8, 4) is 0 Å². The average Bonchev–Trinajstić information content (AvgIpc) is 1.87. The van der Waals surface area contributed by atoms with Crippen LogP contribution in [0.1, 0.15) is 0 Å². The minimum Gasteiger partial charge on any atom is -0.382 e. The summed E-state index contributed by atoms with van der Waals surface area (Å²) in [6.07, 6.45) is 0. The largest absolute Gasteiger partial charge is 0.382 e. The summed E-state index contributed by atoms with van der Waals surface area (Å²) in [5.74, 6) is 0. The third-order valence-electron chi connectivity index (χ3n) is 0.698. The quantitative estimate of drug-likeness (QED) is 0.345. The molecule has 0 aromatic carbocycles. The van der Waals surface area contributed by atoms with E-state index in [1.807, 2.05) is 0 Å². The number of ether oxygens (including phenoxy) is 2. The molecule has 0 fully saturated rings. The van der Waals surface area contributed by atoms with E-state index in [0.717, 1.165) is 0 Å². The molecule has 1 unspecified atom stereocenters. The van der Waals surface area contributed by atoms with Gasteiger partial charge >= 0.3 is 8.25 Å². The Bertz CT molecular complexity index is 95.6. The zero-order valence-corrected chi connectivity index (χ0v) is 6.70. The van der Waals surface area contributed by atoms with Gasteiger partial charge in [0.25, 0.3) is 0 Å². The van der Waals surface area contributed by atoms with E-state index in [-0.39, 0.29) is 6.79 Å². The van der Waals surface area contributed by atoms with Gasteiger partial charge in [-0.25, -0.2) is 0 Å². The van der Waals surface area contributed by atoms with Crippen molar-refractivity contribution in [1.82, 2.24) is 0 Å². The highest BCUT2D eigenvalue weighted by molar-refractivity contribution is 7.32. The van der Waals surface area contributed by atoms with Crippen LogP contribution in [0.3, 0.4) is 0 Å². The highest BCUT2D eigenvalue weighted by atomic mass is 31.1. The Kier molecular flexibility index (Phi) is 7.23. The van der Waals surface area contributed by atoms with Crippen LogP contribution in [-0.4, -0.2) is 32.0 Å². The number of hydrogen-bond acceptors (Lipinski definition) is 4. The first-order chi connectivity index (χ1) is 4.77. The smallest absolute Gasteiger partial charge is 0.318 e. The molecule has 0 rings (SSSR count). The molecule has 1 atom stereocenters. The Morgan fingerprint density at radius 1 is 1.50 bits per heavy atom. The van der Waals surface area contributed by atoms with Crippen molar-refractivity contribution in [2.75, 3.05) is 27.1 Å². The monoisotopic (exact) mass is 170 g/mol. The Morgan fingerprint density at radius 3 is 2.70 bits per heavy atom. The van der Waals surface area contributed by atoms with Crippen LogP contribution in [0.25, 0.3) is 0 Å². The lowest BCUT2D eigenvalue weighted by molar-refractivity contribution is -0.00937. The van der Waals surface area contributed by atoms with Gasteiger partial charge in [-0.05, 0) is 0 Å². The van der Waals surface area contributed by atoms with Gasteiger partial charge in [0.05, 0.1) is 13.2 Å². The van der Waals surface area contributed by atoms with E-state index in [4.69, 9.17) is 9.63 Å². The second-order valence-corrected chi connectivity index (χ2v) is 2.25. The molecule has 0 amide bonds. The summed E-state index contributed by atoms with van der Waals surface area (Å²) in [4.78, 5) is 8.12. The Hall–Kier alpha value is 0.0700. The first kappa shape index (κ1) is 10.1. The molecule has 1 N–H and O–H groups in total. The molecule has 0 saturated carbocycles. The second kappa shape index (κ2) is 7.18. The Labute approximate surface area is 59.8 Å². The molecule has 0 radical (unpaired) electrons. The van der Waals surface area contributed by atoms with Crippen LogP contribution in [0.5, 0.6) is 0 Å². The maximum Gasteiger partial charge on any atom is 0.318 e. The molecule has 0 aliphatic carbocycles. The number of methoxy groups -OCH3 is 1. The summed E-state index contributed by atoms with van der Waals surface area (Å²) in [5, 5.41) is 0. The van der Waals surface area contributed by atoms with Gasteiger partial charge in [-0.2, -0.15) is 0 Å². The first-order valence-electron chi connectivity index (χ1n) is 2.69. The standard InChI is InChI=1S/C4H11O5P/c1-7-2-3-8-4-9-10(5)6/h10H,2-4H2,1H3,(H,5,6). The van der Waals surface area contributed by atoms with Crippen LogP contribution in [0.15, 0.2) is 0 Å². The third kappa shape index (κ3) is 8.07. The van der Waals surface area contributed by atoms with Crippen molar-refractivity contribution in [2.24, 2.45) is 0 Å². The van der Waals surface area contributed by atoms with E-state index in [0.29, 0.717) is 13.2 Å². The van der Waals surface area contributed by atoms with E-state index in [9.17, 15) is 4.57 Å². The maximum absolute atomic E-state index is 9.88. The third-order valence-corrected chi connectivity index (χ3v) is 1.06. The summed E-state index contributed by atoms with van der Waals surface area (Å²) >= 11 is 0. The van der Waals surface area contributed by atoms with E-state index in [1.165, 1.54) is 0 Å². The van der Waals surface area contributed by atoms with Gasteiger partial charge in [-0.15, -0.1) is 0 Å². The predicted octanol–water partition coefficient (Wildman–Crippen LogP) is 0.00550. The molecule has 0 spiro atoms. The fraction of sp³-hybridized carbons (Fsp3) is 1.00. The van der Waals surface area contributed by atoms with Crippen LogP contribution in [0.4, 0.5) is 0 Å². The van der Waals surface area contributed by atoms with Crippen molar-refractivity contribution in [1.29, 1.82) is 0 Å². The number of rotatable bonds is 6. The molecule has 0 bridgehead atoms. The molecule has 5 nitrogen and oxygen atoms in total. The van der Waals surface area contributed by atoms with Gasteiger partial charge in [0.1, 0.15) is 0 Å². The average molecular weight is 170 g/mol. The lowest BCUT2D eigenvalue weighted by atomic mass is 10.8. The fourth-order valence-corrected chi connectivity index (χ4v) is 0.477. The van der Waals surface area contributed by atoms with Gasteiger partial charge in [0, 0.05) is 7.11 Å². The molecule has 10 heavy (non-hydrogen) atoms. The van der Waals surface area contributed by atoms with Crippen LogP contribution < -0.4 is 0 Å². The zero-order chi connectivity index (χ0) is 7.82. The summed E-state index contributed by atoms with van der Waals surface area (Å²) in [5.41, 5.74) is 0. The summed E-state index contributed by atoms with van der Waals surface area (Å²) in [6, 6.07) is 0. The molecule has 0 heterocycles. The topological polar surface area (TPSA) is 65.0 Å². The Morgan fingerprint density at radius 2 is 2.20 bits per heavy atom. The summed E-state index contributed by atoms with van der Waals surface area (Å²) < 4.78 is 23.4. The second-order valence-electron chi connectivity index (χ2n) is 1.43. The molecule has 6 heteroatoms. The predicted molar refractivity (Wildman–Crippen MR) is 35.0 cm³/mol. The van der Waals surface area contributed by atoms with E-state index >= 15 is 0 Å². The van der Waals surface area contributed by atoms with Gasteiger partial charge < -0.3 is 14.4 Å². The minimum absolute atomic E-state index is 0.155. The molecule has 0 aliphatic rings. The fourth-order valence-electron chi connectivity index (χ4n) is 0.293. The maximum atomic E-state index is 9.88. The molecular formula is C4H11O5P. The van der Waals surface area contributed by atoms with Crippen molar-refractivity contribution in [2.45, 2.75) is 0 Å². The summed E-state index contributed by atoms with van der Waals surface area (Å²) in [6.45, 7) is 0.666. The summed E-state index contributed by atoms with van der Waals surface area (Å²) in [7, 11) is -1.30. The van der Waals surface area contributed by atoms with Gasteiger partial charge in [0.15, 0.2) is 6.79 Å². The van der Waals surface area contributed by atoms with Crippen LogP contribution in [0, 0.1) is 0 Å². The van der Waals surface area contributed by atoms with Crippen molar-refractivity contribution >= 4 is 8.25 Å². The Balaban J connectivity index is 2.84. The van der Waals surface area contributed by atoms with E-state index in [1.54, 1.807) is 7.11 Å². The molecule has 0 aromatic heterocycles.